The lowest BCUT2D eigenvalue weighted by atomic mass is 10.1. The third kappa shape index (κ3) is 3.30. The summed E-state index contributed by atoms with van der Waals surface area (Å²) >= 11 is 0. The number of hydrogen-bond donors (Lipinski definition) is 1. The minimum atomic E-state index is -0.359. The largest absolute Gasteiger partial charge is 0.388 e. The fraction of sp³-hybridized carbons (Fsp3) is 0.688. The van der Waals surface area contributed by atoms with Gasteiger partial charge in [-0.3, -0.25) is 4.79 Å². The topological polar surface area (TPSA) is 48.7 Å². The van der Waals surface area contributed by atoms with Gasteiger partial charge in [0.25, 0.3) is 0 Å². The van der Waals surface area contributed by atoms with E-state index in [0.717, 1.165) is 57.4 Å². The van der Waals surface area contributed by atoms with Gasteiger partial charge in [-0.2, -0.15) is 0 Å². The van der Waals surface area contributed by atoms with Gasteiger partial charge in [0.05, 0.1) is 6.10 Å². The maximum atomic E-state index is 12.4. The number of amides is 1. The van der Waals surface area contributed by atoms with Crippen LogP contribution in [0.3, 0.4) is 0 Å². The first-order chi connectivity index (χ1) is 10.1. The Morgan fingerprint density at radius 1 is 1.24 bits per heavy atom. The van der Waals surface area contributed by atoms with E-state index in [0.29, 0.717) is 6.54 Å². The first-order valence-electron chi connectivity index (χ1n) is 7.96. The number of nitrogens with zero attached hydrogens (tertiary/aromatic N) is 3. The number of hydrogen-bond acceptors (Lipinski definition) is 3. The second-order valence-corrected chi connectivity index (χ2v) is 6.36. The molecule has 1 N–H and O–H groups in total. The number of fused-ring (bicyclic) bond motifs is 1. The Labute approximate surface area is 126 Å². The van der Waals surface area contributed by atoms with Gasteiger partial charge in [-0.05, 0) is 31.9 Å². The zero-order valence-electron chi connectivity index (χ0n) is 12.8. The van der Waals surface area contributed by atoms with E-state index in [-0.39, 0.29) is 12.0 Å². The molecule has 116 valence electrons. The van der Waals surface area contributed by atoms with Crippen molar-refractivity contribution in [2.45, 2.75) is 38.3 Å². The fourth-order valence-electron chi connectivity index (χ4n) is 3.29. The van der Waals surface area contributed by atoms with Gasteiger partial charge in [-0.15, -0.1) is 0 Å². The molecule has 1 aliphatic carbocycles. The molecule has 1 amide bonds. The smallest absolute Gasteiger partial charge is 0.242 e. The van der Waals surface area contributed by atoms with E-state index in [1.807, 2.05) is 15.7 Å². The molecule has 0 bridgehead atoms. The number of carbonyl (C=O) groups is 1. The van der Waals surface area contributed by atoms with Gasteiger partial charge >= 0.3 is 0 Å². The van der Waals surface area contributed by atoms with Gasteiger partial charge in [-0.1, -0.05) is 6.42 Å². The van der Waals surface area contributed by atoms with Crippen molar-refractivity contribution in [3.05, 3.63) is 23.5 Å². The number of aliphatic hydroxyl groups excluding tert-OH is 1. The summed E-state index contributed by atoms with van der Waals surface area (Å²) < 4.78 is 1.96. The van der Waals surface area contributed by atoms with Crippen LogP contribution in [0.2, 0.25) is 0 Å². The molecule has 1 aliphatic heterocycles. The molecular weight excluding hydrogens is 266 g/mol. The minimum Gasteiger partial charge on any atom is -0.388 e. The van der Waals surface area contributed by atoms with E-state index in [1.54, 1.807) is 0 Å². The van der Waals surface area contributed by atoms with Crippen molar-refractivity contribution in [2.75, 3.05) is 33.2 Å². The van der Waals surface area contributed by atoms with E-state index < -0.39 is 0 Å². The Bertz CT molecular complexity index is 504. The molecule has 3 rings (SSSR count). The number of rotatable bonds is 2. The van der Waals surface area contributed by atoms with Crippen LogP contribution in [0.4, 0.5) is 0 Å². The lowest BCUT2D eigenvalue weighted by Crippen LogP contribution is -2.48. The van der Waals surface area contributed by atoms with Crippen LogP contribution in [0.5, 0.6) is 0 Å². The zero-order chi connectivity index (χ0) is 14.8. The number of likely N-dealkylation sites (N-methyl/N-ethyl adjacent to an activating group) is 1. The quantitative estimate of drug-likeness (QED) is 0.828. The predicted octanol–water partition coefficient (Wildman–Crippen LogP) is 1.02. The van der Waals surface area contributed by atoms with Crippen molar-refractivity contribution >= 4 is 5.91 Å². The number of carbonyl (C=O) groups excluding carboxylic acids is 1. The number of piperazine rings is 1. The Morgan fingerprint density at radius 3 is 2.76 bits per heavy atom. The normalized spacial score (nSPS) is 23.7. The predicted molar refractivity (Wildman–Crippen MR) is 81.0 cm³/mol. The first-order valence-corrected chi connectivity index (χ1v) is 7.96. The lowest BCUT2D eigenvalue weighted by Gasteiger charge is -2.32. The Kier molecular flexibility index (Phi) is 4.31. The molecule has 0 radical (unpaired) electrons. The summed E-state index contributed by atoms with van der Waals surface area (Å²) in [7, 11) is 2.09. The van der Waals surface area contributed by atoms with Gasteiger partial charge in [-0.25, -0.2) is 0 Å². The number of aryl methyl sites for hydroxylation is 1. The maximum Gasteiger partial charge on any atom is 0.242 e. The summed E-state index contributed by atoms with van der Waals surface area (Å²) in [5.41, 5.74) is 2.24. The Morgan fingerprint density at radius 2 is 2.00 bits per heavy atom. The van der Waals surface area contributed by atoms with E-state index in [4.69, 9.17) is 0 Å². The average Bonchev–Trinajstić information content (AvgIpc) is 2.79. The highest BCUT2D eigenvalue weighted by Gasteiger charge is 2.22. The molecular formula is C16H25N3O2. The van der Waals surface area contributed by atoms with E-state index in [2.05, 4.69) is 18.1 Å². The molecule has 0 spiro atoms. The van der Waals surface area contributed by atoms with Crippen LogP contribution >= 0.6 is 0 Å². The molecule has 1 unspecified atom stereocenters. The highest BCUT2D eigenvalue weighted by atomic mass is 16.3. The fourth-order valence-corrected chi connectivity index (χ4v) is 3.29. The summed E-state index contributed by atoms with van der Waals surface area (Å²) in [6, 6.07) is 0. The SMILES string of the molecule is CN1CCN(C(=O)Cn2cc3c(c2)C(O)CCCC3)CC1. The third-order valence-corrected chi connectivity index (χ3v) is 4.70. The van der Waals surface area contributed by atoms with Gasteiger partial charge in [0.2, 0.25) is 5.91 Å². The van der Waals surface area contributed by atoms with Gasteiger partial charge in [0, 0.05) is 44.1 Å². The zero-order valence-corrected chi connectivity index (χ0v) is 12.8. The third-order valence-electron chi connectivity index (χ3n) is 4.70. The molecule has 1 fully saturated rings. The van der Waals surface area contributed by atoms with Gasteiger partial charge in [0.15, 0.2) is 0 Å². The standard InChI is InChI=1S/C16H25N3O2/c1-17-6-8-19(9-7-17)16(21)12-18-10-13-4-2-3-5-15(20)14(13)11-18/h10-11,15,20H,2-9,12H2,1H3. The monoisotopic (exact) mass is 291 g/mol. The Balaban J connectivity index is 1.65. The second kappa shape index (κ2) is 6.20. The van der Waals surface area contributed by atoms with Crippen LogP contribution in [0.1, 0.15) is 36.5 Å². The average molecular weight is 291 g/mol. The highest BCUT2D eigenvalue weighted by Crippen LogP contribution is 2.29. The van der Waals surface area contributed by atoms with Crippen molar-refractivity contribution in [3.8, 4) is 0 Å². The first kappa shape index (κ1) is 14.6. The van der Waals surface area contributed by atoms with Crippen molar-refractivity contribution in [1.29, 1.82) is 0 Å². The summed E-state index contributed by atoms with van der Waals surface area (Å²) in [4.78, 5) is 16.6. The maximum absolute atomic E-state index is 12.4. The molecule has 1 atom stereocenters. The summed E-state index contributed by atoms with van der Waals surface area (Å²) in [6.45, 7) is 3.93. The van der Waals surface area contributed by atoms with Crippen molar-refractivity contribution in [1.82, 2.24) is 14.4 Å². The molecule has 2 heterocycles. The second-order valence-electron chi connectivity index (χ2n) is 6.36. The van der Waals surface area contributed by atoms with Crippen LogP contribution in [-0.4, -0.2) is 58.6 Å². The van der Waals surface area contributed by atoms with Crippen molar-refractivity contribution in [2.24, 2.45) is 0 Å². The molecule has 1 aromatic heterocycles. The molecule has 2 aliphatic rings. The van der Waals surface area contributed by atoms with Crippen LogP contribution in [0.25, 0.3) is 0 Å². The lowest BCUT2D eigenvalue weighted by molar-refractivity contribution is -0.133. The van der Waals surface area contributed by atoms with E-state index >= 15 is 0 Å². The Hall–Kier alpha value is -1.33. The van der Waals surface area contributed by atoms with E-state index in [9.17, 15) is 9.90 Å². The minimum absolute atomic E-state index is 0.183. The summed E-state index contributed by atoms with van der Waals surface area (Å²) in [6.07, 6.45) is 7.72. The van der Waals surface area contributed by atoms with Crippen LogP contribution in [0, 0.1) is 0 Å². The molecule has 1 saturated heterocycles. The molecule has 0 saturated carbocycles. The number of aliphatic hydroxyl groups is 1. The van der Waals surface area contributed by atoms with Crippen molar-refractivity contribution in [3.63, 3.8) is 0 Å². The van der Waals surface area contributed by atoms with Crippen LogP contribution in [-0.2, 0) is 17.8 Å². The molecule has 5 heteroatoms. The summed E-state index contributed by atoms with van der Waals surface area (Å²) in [5, 5.41) is 10.2. The van der Waals surface area contributed by atoms with Crippen molar-refractivity contribution < 1.29 is 9.90 Å². The highest BCUT2D eigenvalue weighted by molar-refractivity contribution is 5.76. The molecule has 0 aromatic carbocycles. The molecule has 21 heavy (non-hydrogen) atoms. The van der Waals surface area contributed by atoms with Gasteiger partial charge in [0.1, 0.15) is 6.54 Å². The van der Waals surface area contributed by atoms with E-state index in [1.165, 1.54) is 5.56 Å². The molecule has 1 aromatic rings. The van der Waals surface area contributed by atoms with Crippen LogP contribution in [0.15, 0.2) is 12.4 Å². The molecule has 5 nitrogen and oxygen atoms in total. The summed E-state index contributed by atoms with van der Waals surface area (Å²) in [5.74, 6) is 0.183. The number of aromatic nitrogens is 1. The van der Waals surface area contributed by atoms with Gasteiger partial charge < -0.3 is 19.5 Å². The van der Waals surface area contributed by atoms with Crippen LogP contribution < -0.4 is 0 Å².